The third kappa shape index (κ3) is 7.57. The van der Waals surface area contributed by atoms with Gasteiger partial charge in [0, 0.05) is 25.6 Å². The fourth-order valence-corrected chi connectivity index (χ4v) is 2.23. The summed E-state index contributed by atoms with van der Waals surface area (Å²) in [6.45, 7) is 8.87. The highest BCUT2D eigenvalue weighted by molar-refractivity contribution is 5.76. The first kappa shape index (κ1) is 18.7. The van der Waals surface area contributed by atoms with Crippen LogP contribution in [0.2, 0.25) is 0 Å². The van der Waals surface area contributed by atoms with Gasteiger partial charge in [-0.2, -0.15) is 0 Å². The van der Waals surface area contributed by atoms with Crippen LogP contribution in [0.5, 0.6) is 0 Å². The Balaban J connectivity index is 2.13. The number of amides is 1. The minimum Gasteiger partial charge on any atom is -0.362 e. The highest BCUT2D eigenvalue weighted by Crippen LogP contribution is 2.04. The molecule has 1 aromatic rings. The van der Waals surface area contributed by atoms with E-state index in [-0.39, 0.29) is 11.9 Å². The van der Waals surface area contributed by atoms with Crippen molar-refractivity contribution in [2.45, 2.75) is 52.7 Å². The molecule has 0 saturated carbocycles. The Morgan fingerprint density at radius 2 is 2.00 bits per heavy atom. The highest BCUT2D eigenvalue weighted by Gasteiger charge is 2.15. The number of carbonyl (C=O) groups is 1. The lowest BCUT2D eigenvalue weighted by molar-refractivity contribution is -0.132. The molecular weight excluding hydrogens is 276 g/mol. The molecule has 22 heavy (non-hydrogen) atoms. The van der Waals surface area contributed by atoms with Gasteiger partial charge in [0.2, 0.25) is 5.91 Å². The minimum atomic E-state index is 0.221. The average molecular weight is 306 g/mol. The first-order valence-corrected chi connectivity index (χ1v) is 8.27. The third-order valence-electron chi connectivity index (χ3n) is 3.53. The first-order chi connectivity index (χ1) is 10.6. The van der Waals surface area contributed by atoms with Gasteiger partial charge in [0.25, 0.3) is 0 Å². The van der Waals surface area contributed by atoms with Gasteiger partial charge in [-0.1, -0.05) is 43.7 Å². The quantitative estimate of drug-likeness (QED) is 0.504. The number of rotatable bonds is 11. The summed E-state index contributed by atoms with van der Waals surface area (Å²) in [5, 5.41) is 3.17. The molecule has 1 rings (SSSR count). The van der Waals surface area contributed by atoms with Crippen LogP contribution in [0.3, 0.4) is 0 Å². The van der Waals surface area contributed by atoms with E-state index in [0.29, 0.717) is 26.3 Å². The topological polar surface area (TPSA) is 41.6 Å². The lowest BCUT2D eigenvalue weighted by Gasteiger charge is -2.26. The maximum Gasteiger partial charge on any atom is 0.224 e. The summed E-state index contributed by atoms with van der Waals surface area (Å²) in [5.41, 5.74) is 1.16. The Labute approximate surface area is 134 Å². The number of nitrogens with one attached hydrogen (secondary N) is 1. The first-order valence-electron chi connectivity index (χ1n) is 8.27. The maximum absolute atomic E-state index is 12.2. The fourth-order valence-electron chi connectivity index (χ4n) is 2.23. The molecule has 124 valence electrons. The summed E-state index contributed by atoms with van der Waals surface area (Å²) in [7, 11) is 0. The second kappa shape index (κ2) is 11.2. The van der Waals surface area contributed by atoms with Gasteiger partial charge in [0.1, 0.15) is 0 Å². The van der Waals surface area contributed by atoms with E-state index in [1.54, 1.807) is 0 Å². The second-order valence-electron chi connectivity index (χ2n) is 5.76. The van der Waals surface area contributed by atoms with Crippen molar-refractivity contribution in [2.24, 2.45) is 0 Å². The van der Waals surface area contributed by atoms with Crippen LogP contribution in [-0.2, 0) is 16.1 Å². The molecule has 4 nitrogen and oxygen atoms in total. The number of unbranched alkanes of at least 4 members (excludes halogenated alkanes) is 1. The highest BCUT2D eigenvalue weighted by atomic mass is 16.5. The van der Waals surface area contributed by atoms with E-state index in [4.69, 9.17) is 4.74 Å². The van der Waals surface area contributed by atoms with Crippen molar-refractivity contribution < 1.29 is 9.53 Å². The van der Waals surface area contributed by atoms with Crippen molar-refractivity contribution in [3.05, 3.63) is 35.9 Å². The van der Waals surface area contributed by atoms with E-state index >= 15 is 0 Å². The van der Waals surface area contributed by atoms with Gasteiger partial charge in [-0.05, 0) is 25.8 Å². The van der Waals surface area contributed by atoms with E-state index in [2.05, 4.69) is 26.1 Å². The summed E-state index contributed by atoms with van der Waals surface area (Å²) in [6, 6.07) is 10.3. The van der Waals surface area contributed by atoms with Crippen molar-refractivity contribution in [3.63, 3.8) is 0 Å². The van der Waals surface area contributed by atoms with Gasteiger partial charge in [0.15, 0.2) is 0 Å². The number of hydrogen-bond acceptors (Lipinski definition) is 3. The Morgan fingerprint density at radius 1 is 1.27 bits per heavy atom. The molecule has 0 atom stereocenters. The predicted octanol–water partition coefficient (Wildman–Crippen LogP) is 3.18. The molecule has 4 heteroatoms. The molecule has 0 radical (unpaired) electrons. The lowest BCUT2D eigenvalue weighted by Crippen LogP contribution is -2.39. The van der Waals surface area contributed by atoms with Crippen molar-refractivity contribution in [1.29, 1.82) is 0 Å². The molecule has 0 fully saturated rings. The zero-order valence-corrected chi connectivity index (χ0v) is 14.2. The molecule has 0 saturated heterocycles. The Hall–Kier alpha value is -1.39. The molecule has 0 unspecified atom stereocenters. The molecule has 0 aliphatic carbocycles. The van der Waals surface area contributed by atoms with Crippen LogP contribution in [-0.4, -0.2) is 36.7 Å². The minimum absolute atomic E-state index is 0.221. The molecule has 0 heterocycles. The van der Waals surface area contributed by atoms with Crippen LogP contribution >= 0.6 is 0 Å². The number of nitrogens with zero attached hydrogens (tertiary/aromatic N) is 1. The summed E-state index contributed by atoms with van der Waals surface area (Å²) in [4.78, 5) is 14.2. The maximum atomic E-state index is 12.2. The molecule has 1 amide bonds. The van der Waals surface area contributed by atoms with Crippen LogP contribution in [0, 0.1) is 0 Å². The summed E-state index contributed by atoms with van der Waals surface area (Å²) in [6.07, 6.45) is 2.70. The fraction of sp³-hybridized carbons (Fsp3) is 0.611. The predicted molar refractivity (Wildman–Crippen MR) is 90.5 cm³/mol. The number of benzene rings is 1. The summed E-state index contributed by atoms with van der Waals surface area (Å²) >= 11 is 0. The van der Waals surface area contributed by atoms with Crippen LogP contribution < -0.4 is 5.32 Å². The van der Waals surface area contributed by atoms with Gasteiger partial charge >= 0.3 is 0 Å². The number of carbonyl (C=O) groups excluding carboxylic acids is 1. The van der Waals surface area contributed by atoms with Crippen molar-refractivity contribution in [2.75, 3.05) is 19.8 Å². The monoisotopic (exact) mass is 306 g/mol. The Bertz CT molecular complexity index is 407. The third-order valence-corrected chi connectivity index (χ3v) is 3.53. The average Bonchev–Trinajstić information content (AvgIpc) is 2.51. The van der Waals surface area contributed by atoms with E-state index in [9.17, 15) is 4.79 Å². The smallest absolute Gasteiger partial charge is 0.224 e. The molecule has 0 aromatic heterocycles. The molecule has 0 bridgehead atoms. The van der Waals surface area contributed by atoms with Crippen molar-refractivity contribution in [1.82, 2.24) is 10.2 Å². The summed E-state index contributed by atoms with van der Waals surface area (Å²) in [5.74, 6) is 0.221. The second-order valence-corrected chi connectivity index (χ2v) is 5.76. The van der Waals surface area contributed by atoms with Gasteiger partial charge in [-0.3, -0.25) is 10.1 Å². The van der Waals surface area contributed by atoms with Gasteiger partial charge < -0.3 is 9.64 Å². The zero-order valence-electron chi connectivity index (χ0n) is 14.2. The van der Waals surface area contributed by atoms with E-state index < -0.39 is 0 Å². The molecule has 0 aliphatic heterocycles. The molecule has 1 N–H and O–H groups in total. The van der Waals surface area contributed by atoms with Gasteiger partial charge in [-0.25, -0.2) is 0 Å². The zero-order chi connectivity index (χ0) is 16.2. The SMILES string of the molecule is CCCCN(C(=O)CCNCOCc1ccccc1)C(C)C. The Morgan fingerprint density at radius 3 is 2.64 bits per heavy atom. The van der Waals surface area contributed by atoms with Gasteiger partial charge in [-0.15, -0.1) is 0 Å². The van der Waals surface area contributed by atoms with Crippen LogP contribution in [0.1, 0.15) is 45.6 Å². The van der Waals surface area contributed by atoms with E-state index in [1.165, 1.54) is 0 Å². The van der Waals surface area contributed by atoms with Gasteiger partial charge in [0.05, 0.1) is 13.3 Å². The molecule has 0 spiro atoms. The summed E-state index contributed by atoms with van der Waals surface area (Å²) < 4.78 is 5.54. The molecular formula is C18H30N2O2. The van der Waals surface area contributed by atoms with Crippen LogP contribution in [0.15, 0.2) is 30.3 Å². The Kier molecular flexibility index (Phi) is 9.51. The number of ether oxygens (including phenoxy) is 1. The van der Waals surface area contributed by atoms with E-state index in [1.807, 2.05) is 35.2 Å². The van der Waals surface area contributed by atoms with Crippen molar-refractivity contribution >= 4 is 5.91 Å². The molecule has 0 aliphatic rings. The number of hydrogen-bond donors (Lipinski definition) is 1. The van der Waals surface area contributed by atoms with Crippen molar-refractivity contribution in [3.8, 4) is 0 Å². The van der Waals surface area contributed by atoms with Crippen LogP contribution in [0.4, 0.5) is 0 Å². The molecule has 1 aromatic carbocycles. The standard InChI is InChI=1S/C18H30N2O2/c1-4-5-13-20(16(2)3)18(21)11-12-19-15-22-14-17-9-7-6-8-10-17/h6-10,16,19H,4-5,11-15H2,1-3H3. The lowest BCUT2D eigenvalue weighted by atomic mass is 10.2. The van der Waals surface area contributed by atoms with Crippen LogP contribution in [0.25, 0.3) is 0 Å². The van der Waals surface area contributed by atoms with E-state index in [0.717, 1.165) is 24.9 Å². The normalized spacial score (nSPS) is 10.9. The largest absolute Gasteiger partial charge is 0.362 e.